The van der Waals surface area contributed by atoms with E-state index < -0.39 is 5.97 Å². The summed E-state index contributed by atoms with van der Waals surface area (Å²) in [5, 5.41) is 4.44. The molecule has 0 fully saturated rings. The number of benzene rings is 2. The maximum absolute atomic E-state index is 12.8. The third-order valence-corrected chi connectivity index (χ3v) is 6.23. The Labute approximate surface area is 222 Å². The van der Waals surface area contributed by atoms with Crippen molar-refractivity contribution in [3.05, 3.63) is 82.0 Å². The zero-order chi connectivity index (χ0) is 26.3. The number of anilines is 1. The summed E-state index contributed by atoms with van der Waals surface area (Å²) in [5.74, 6) is 0.740. The van der Waals surface area contributed by atoms with Gasteiger partial charge in [0.15, 0.2) is 0 Å². The van der Waals surface area contributed by atoms with E-state index in [1.807, 2.05) is 31.3 Å². The molecule has 0 aliphatic carbocycles. The molecule has 1 N–H and O–H groups in total. The summed E-state index contributed by atoms with van der Waals surface area (Å²) in [6, 6.07) is 16.2. The van der Waals surface area contributed by atoms with E-state index >= 15 is 0 Å². The maximum Gasteiger partial charge on any atom is 0.345 e. The average molecular weight is 524 g/mol. The van der Waals surface area contributed by atoms with Crippen molar-refractivity contribution in [2.75, 3.05) is 5.32 Å². The van der Waals surface area contributed by atoms with Crippen LogP contribution in [0.5, 0.6) is 5.75 Å². The van der Waals surface area contributed by atoms with Gasteiger partial charge in [0.2, 0.25) is 0 Å². The third-order valence-electron chi connectivity index (χ3n) is 5.68. The van der Waals surface area contributed by atoms with Crippen LogP contribution in [0, 0.1) is 12.3 Å². The van der Waals surface area contributed by atoms with E-state index in [2.05, 4.69) is 56.5 Å². The van der Waals surface area contributed by atoms with Crippen molar-refractivity contribution in [1.29, 1.82) is 0 Å². The van der Waals surface area contributed by atoms with Crippen LogP contribution in [0.25, 0.3) is 16.9 Å². The monoisotopic (exact) mass is 523 g/mol. The quantitative estimate of drug-likeness (QED) is 0.203. The van der Waals surface area contributed by atoms with E-state index in [4.69, 9.17) is 32.9 Å². The SMILES string of the molecule is Cc1ccn2c(NC(C)(C)CC(C)(C)C)c(-c3cccc(OC(=O)c4ccc(Cl)cc4Cl)c3)nc2c1. The molecule has 0 spiro atoms. The van der Waals surface area contributed by atoms with Gasteiger partial charge in [-0.25, -0.2) is 9.78 Å². The first-order chi connectivity index (χ1) is 16.8. The Morgan fingerprint density at radius 2 is 1.78 bits per heavy atom. The number of carbonyl (C=O) groups is 1. The third kappa shape index (κ3) is 6.03. The number of nitrogens with zero attached hydrogens (tertiary/aromatic N) is 2. The molecule has 0 atom stereocenters. The Morgan fingerprint density at radius 1 is 1.03 bits per heavy atom. The Balaban J connectivity index is 1.72. The number of nitrogens with one attached hydrogen (secondary N) is 1. The number of imidazole rings is 1. The standard InChI is InChI=1S/C29H31Cl2N3O2/c1-18-12-13-34-24(14-18)32-25(26(34)33-29(5,6)17-28(2,3)4)19-8-7-9-21(15-19)36-27(35)22-11-10-20(30)16-23(22)31/h7-16,33H,17H2,1-6H3. The van der Waals surface area contributed by atoms with Gasteiger partial charge < -0.3 is 10.1 Å². The van der Waals surface area contributed by atoms with Crippen LogP contribution in [0.15, 0.2) is 60.8 Å². The van der Waals surface area contributed by atoms with Crippen LogP contribution in [0.3, 0.4) is 0 Å². The lowest BCUT2D eigenvalue weighted by Gasteiger charge is -2.34. The molecule has 0 saturated carbocycles. The van der Waals surface area contributed by atoms with Crippen molar-refractivity contribution < 1.29 is 9.53 Å². The molecule has 188 valence electrons. The van der Waals surface area contributed by atoms with Gasteiger partial charge in [0.05, 0.1) is 10.6 Å². The van der Waals surface area contributed by atoms with Gasteiger partial charge in [0, 0.05) is 22.3 Å². The molecule has 0 unspecified atom stereocenters. The van der Waals surface area contributed by atoms with Gasteiger partial charge in [0.25, 0.3) is 0 Å². The lowest BCUT2D eigenvalue weighted by atomic mass is 9.82. The number of hydrogen-bond donors (Lipinski definition) is 1. The molecule has 0 aliphatic heterocycles. The number of pyridine rings is 1. The second-order valence-electron chi connectivity index (χ2n) is 11.0. The molecular weight excluding hydrogens is 493 g/mol. The molecule has 0 amide bonds. The molecule has 0 saturated heterocycles. The summed E-state index contributed by atoms with van der Waals surface area (Å²) < 4.78 is 7.73. The van der Waals surface area contributed by atoms with Gasteiger partial charge in [-0.3, -0.25) is 4.40 Å². The Hall–Kier alpha value is -3.02. The number of esters is 1. The van der Waals surface area contributed by atoms with Crippen LogP contribution in [-0.4, -0.2) is 20.9 Å². The minimum atomic E-state index is -0.552. The second-order valence-corrected chi connectivity index (χ2v) is 11.9. The van der Waals surface area contributed by atoms with Crippen LogP contribution in [-0.2, 0) is 0 Å². The lowest BCUT2D eigenvalue weighted by Crippen LogP contribution is -2.36. The van der Waals surface area contributed by atoms with E-state index in [1.165, 1.54) is 6.07 Å². The minimum absolute atomic E-state index is 0.144. The highest BCUT2D eigenvalue weighted by Crippen LogP contribution is 2.36. The topological polar surface area (TPSA) is 55.6 Å². The van der Waals surface area contributed by atoms with Crippen LogP contribution in [0.1, 0.15) is 57.0 Å². The first-order valence-corrected chi connectivity index (χ1v) is 12.6. The maximum atomic E-state index is 12.8. The molecule has 0 radical (unpaired) electrons. The zero-order valence-corrected chi connectivity index (χ0v) is 23.0. The highest BCUT2D eigenvalue weighted by Gasteiger charge is 2.28. The highest BCUT2D eigenvalue weighted by molar-refractivity contribution is 6.36. The van der Waals surface area contributed by atoms with E-state index in [0.29, 0.717) is 10.8 Å². The van der Waals surface area contributed by atoms with Crippen LogP contribution < -0.4 is 10.1 Å². The Kier molecular flexibility index (Phi) is 7.09. The van der Waals surface area contributed by atoms with Gasteiger partial charge >= 0.3 is 5.97 Å². The predicted octanol–water partition coefficient (Wildman–Crippen LogP) is 8.46. The van der Waals surface area contributed by atoms with Gasteiger partial charge in [-0.05, 0) is 80.6 Å². The fourth-order valence-electron chi connectivity index (χ4n) is 4.68. The molecule has 2 aromatic heterocycles. The summed E-state index contributed by atoms with van der Waals surface area (Å²) in [4.78, 5) is 17.7. The average Bonchev–Trinajstić information content (AvgIpc) is 3.08. The molecule has 7 heteroatoms. The summed E-state index contributed by atoms with van der Waals surface area (Å²) >= 11 is 12.2. The number of carbonyl (C=O) groups excluding carboxylic acids is 1. The molecule has 5 nitrogen and oxygen atoms in total. The fourth-order valence-corrected chi connectivity index (χ4v) is 5.17. The van der Waals surface area contributed by atoms with Gasteiger partial charge in [-0.1, -0.05) is 56.1 Å². The molecule has 0 aliphatic rings. The lowest BCUT2D eigenvalue weighted by molar-refractivity contribution is 0.0735. The van der Waals surface area contributed by atoms with Crippen molar-refractivity contribution in [2.24, 2.45) is 5.41 Å². The van der Waals surface area contributed by atoms with Crippen molar-refractivity contribution in [1.82, 2.24) is 9.38 Å². The van der Waals surface area contributed by atoms with E-state index in [0.717, 1.165) is 34.7 Å². The van der Waals surface area contributed by atoms with Crippen molar-refractivity contribution in [2.45, 2.75) is 53.5 Å². The number of ether oxygens (including phenoxy) is 1. The number of aryl methyl sites for hydroxylation is 1. The number of rotatable bonds is 6. The first-order valence-electron chi connectivity index (χ1n) is 11.9. The molecule has 2 heterocycles. The van der Waals surface area contributed by atoms with Crippen molar-refractivity contribution in [3.63, 3.8) is 0 Å². The first kappa shape index (κ1) is 26.1. The number of fused-ring (bicyclic) bond motifs is 1. The molecule has 4 aromatic rings. The van der Waals surface area contributed by atoms with Gasteiger partial charge in [-0.15, -0.1) is 0 Å². The Morgan fingerprint density at radius 3 is 2.47 bits per heavy atom. The molecule has 0 bridgehead atoms. The molecule has 4 rings (SSSR count). The molecule has 2 aromatic carbocycles. The smallest absolute Gasteiger partial charge is 0.345 e. The van der Waals surface area contributed by atoms with E-state index in [1.54, 1.807) is 18.2 Å². The summed E-state index contributed by atoms with van der Waals surface area (Å²) in [6.07, 6.45) is 2.99. The number of aromatic nitrogens is 2. The number of halogens is 2. The number of hydrogen-bond acceptors (Lipinski definition) is 4. The van der Waals surface area contributed by atoms with Gasteiger partial charge in [0.1, 0.15) is 22.9 Å². The molecule has 36 heavy (non-hydrogen) atoms. The van der Waals surface area contributed by atoms with Crippen LogP contribution in [0.4, 0.5) is 5.82 Å². The molecular formula is C29H31Cl2N3O2. The summed E-state index contributed by atoms with van der Waals surface area (Å²) in [7, 11) is 0. The fraction of sp³-hybridized carbons (Fsp3) is 0.310. The van der Waals surface area contributed by atoms with E-state index in [9.17, 15) is 4.79 Å². The normalized spacial score (nSPS) is 12.1. The largest absolute Gasteiger partial charge is 0.423 e. The van der Waals surface area contributed by atoms with Crippen molar-refractivity contribution >= 4 is 40.6 Å². The predicted molar refractivity (Wildman–Crippen MR) is 149 cm³/mol. The second kappa shape index (κ2) is 9.79. The zero-order valence-electron chi connectivity index (χ0n) is 21.4. The summed E-state index contributed by atoms with van der Waals surface area (Å²) in [5.41, 5.74) is 3.79. The highest BCUT2D eigenvalue weighted by atomic mass is 35.5. The van der Waals surface area contributed by atoms with Gasteiger partial charge in [-0.2, -0.15) is 0 Å². The van der Waals surface area contributed by atoms with Crippen LogP contribution >= 0.6 is 23.2 Å². The summed E-state index contributed by atoms with van der Waals surface area (Å²) in [6.45, 7) is 13.2. The minimum Gasteiger partial charge on any atom is -0.423 e. The van der Waals surface area contributed by atoms with Crippen LogP contribution in [0.2, 0.25) is 10.0 Å². The van der Waals surface area contributed by atoms with E-state index in [-0.39, 0.29) is 21.5 Å². The van der Waals surface area contributed by atoms with Crippen molar-refractivity contribution in [3.8, 4) is 17.0 Å². The Bertz CT molecular complexity index is 1430.